The lowest BCUT2D eigenvalue weighted by Gasteiger charge is -1.19. The zero-order chi connectivity index (χ0) is 8.00. The smallest absolute Gasteiger partial charge is 0.141 e. The fraction of sp³-hybridized carbons (Fsp3) is 0. The van der Waals surface area contributed by atoms with Gasteiger partial charge in [-0.15, -0.1) is 39.5 Å². The predicted octanol–water partition coefficient (Wildman–Crippen LogP) is 0.666. The predicted molar refractivity (Wildman–Crippen MR) is 45.9 cm³/mol. The van der Waals surface area contributed by atoms with Gasteiger partial charge in [0.25, 0.3) is 0 Å². The van der Waals surface area contributed by atoms with Crippen LogP contribution in [0, 0.1) is 0 Å². The van der Waals surface area contributed by atoms with Crippen molar-refractivity contribution in [3.05, 3.63) is 39.5 Å². The van der Waals surface area contributed by atoms with Crippen LogP contribution in [0.4, 0.5) is 0 Å². The summed E-state index contributed by atoms with van der Waals surface area (Å²) >= 11 is 0. The van der Waals surface area contributed by atoms with Crippen LogP contribution in [0.2, 0.25) is 0 Å². The van der Waals surface area contributed by atoms with E-state index in [1.807, 2.05) is 0 Å². The van der Waals surface area contributed by atoms with Gasteiger partial charge in [-0.25, -0.2) is 0 Å². The molecule has 0 atom stereocenters. The fourth-order valence-electron chi connectivity index (χ4n) is 0. The van der Waals surface area contributed by atoms with E-state index in [1.165, 1.54) is 0 Å². The van der Waals surface area contributed by atoms with Gasteiger partial charge in [-0.05, 0) is 0 Å². The SMILES string of the molecule is C=C.C=C.C=C.O[SiH3]. The summed E-state index contributed by atoms with van der Waals surface area (Å²) in [5.41, 5.74) is 0. The van der Waals surface area contributed by atoms with Crippen molar-refractivity contribution in [1.29, 1.82) is 0 Å². The van der Waals surface area contributed by atoms with Gasteiger partial charge >= 0.3 is 0 Å². The Hall–Kier alpha value is -0.603. The van der Waals surface area contributed by atoms with E-state index >= 15 is 0 Å². The first-order valence-corrected chi connectivity index (χ1v) is 2.84. The summed E-state index contributed by atoms with van der Waals surface area (Å²) in [6.07, 6.45) is 0. The fourth-order valence-corrected chi connectivity index (χ4v) is 0. The second kappa shape index (κ2) is 512. The van der Waals surface area contributed by atoms with Crippen molar-refractivity contribution in [3.63, 3.8) is 0 Å². The first-order chi connectivity index (χ1) is 4.00. The maximum atomic E-state index is 7.14. The van der Waals surface area contributed by atoms with E-state index in [2.05, 4.69) is 39.5 Å². The molecule has 0 saturated heterocycles. The van der Waals surface area contributed by atoms with Gasteiger partial charge in [0.05, 0.1) is 0 Å². The molecular formula is C6H16OSi. The molecule has 0 aliphatic carbocycles. The highest BCUT2D eigenvalue weighted by atomic mass is 28.2. The molecule has 0 rings (SSSR count). The van der Waals surface area contributed by atoms with E-state index < -0.39 is 0 Å². The minimum Gasteiger partial charge on any atom is -0.442 e. The Kier molecular flexibility index (Phi) is 1680. The van der Waals surface area contributed by atoms with Crippen molar-refractivity contribution in [3.8, 4) is 0 Å². The van der Waals surface area contributed by atoms with E-state index in [0.29, 0.717) is 10.5 Å². The molecule has 50 valence electrons. The number of hydrogen-bond acceptors (Lipinski definition) is 1. The molecule has 0 bridgehead atoms. The van der Waals surface area contributed by atoms with E-state index in [4.69, 9.17) is 4.80 Å². The summed E-state index contributed by atoms with van der Waals surface area (Å²) in [5, 5.41) is 0. The zero-order valence-corrected chi connectivity index (χ0v) is 7.69. The molecule has 0 aliphatic heterocycles. The lowest BCUT2D eigenvalue weighted by molar-refractivity contribution is 0.629. The normalized spacial score (nSPS) is 2.62. The van der Waals surface area contributed by atoms with Crippen LogP contribution in [0.3, 0.4) is 0 Å². The van der Waals surface area contributed by atoms with Crippen molar-refractivity contribution in [2.24, 2.45) is 0 Å². The minimum atomic E-state index is 0.306. The van der Waals surface area contributed by atoms with Gasteiger partial charge in [0.2, 0.25) is 0 Å². The average Bonchev–Trinajstić information content (AvgIpc) is 2.03. The monoisotopic (exact) mass is 132 g/mol. The van der Waals surface area contributed by atoms with Crippen molar-refractivity contribution < 1.29 is 4.80 Å². The zero-order valence-electron chi connectivity index (χ0n) is 5.69. The largest absolute Gasteiger partial charge is 0.442 e. The summed E-state index contributed by atoms with van der Waals surface area (Å²) in [4.78, 5) is 7.14. The molecule has 0 radical (unpaired) electrons. The third-order valence-corrected chi connectivity index (χ3v) is 0. The Balaban J connectivity index is -0.0000000133. The Bertz CT molecular complexity index is 13.2. The second-order valence-electron chi connectivity index (χ2n) is 0. The second-order valence-corrected chi connectivity index (χ2v) is 0. The maximum Gasteiger partial charge on any atom is 0.141 e. The lowest BCUT2D eigenvalue weighted by Crippen LogP contribution is -1.34. The van der Waals surface area contributed by atoms with E-state index in [-0.39, 0.29) is 0 Å². The molecule has 1 N–H and O–H groups in total. The average molecular weight is 132 g/mol. The van der Waals surface area contributed by atoms with Crippen LogP contribution in [0.15, 0.2) is 39.5 Å². The minimum absolute atomic E-state index is 0.306. The van der Waals surface area contributed by atoms with Crippen LogP contribution in [0.1, 0.15) is 0 Å². The molecule has 2 heteroatoms. The van der Waals surface area contributed by atoms with Crippen molar-refractivity contribution >= 4 is 10.5 Å². The summed E-state index contributed by atoms with van der Waals surface area (Å²) in [6.45, 7) is 18.0. The Morgan fingerprint density at radius 1 is 0.625 bits per heavy atom. The molecule has 0 aromatic rings. The molecular weight excluding hydrogens is 116 g/mol. The van der Waals surface area contributed by atoms with Crippen molar-refractivity contribution in [2.45, 2.75) is 0 Å². The maximum absolute atomic E-state index is 7.14. The summed E-state index contributed by atoms with van der Waals surface area (Å²) in [5.74, 6) is 0. The van der Waals surface area contributed by atoms with Crippen LogP contribution < -0.4 is 0 Å². The van der Waals surface area contributed by atoms with Crippen molar-refractivity contribution in [1.82, 2.24) is 0 Å². The summed E-state index contributed by atoms with van der Waals surface area (Å²) in [6, 6.07) is 0. The molecule has 0 aromatic heterocycles. The summed E-state index contributed by atoms with van der Waals surface area (Å²) < 4.78 is 0. The van der Waals surface area contributed by atoms with Crippen LogP contribution in [0.25, 0.3) is 0 Å². The van der Waals surface area contributed by atoms with E-state index in [9.17, 15) is 0 Å². The topological polar surface area (TPSA) is 20.2 Å². The molecule has 0 heterocycles. The third-order valence-electron chi connectivity index (χ3n) is 0. The van der Waals surface area contributed by atoms with Crippen LogP contribution in [0.5, 0.6) is 0 Å². The molecule has 8 heavy (non-hydrogen) atoms. The number of hydrogen-bond donors (Lipinski definition) is 1. The van der Waals surface area contributed by atoms with Gasteiger partial charge < -0.3 is 4.80 Å². The lowest BCUT2D eigenvalue weighted by atomic mass is 11.3. The van der Waals surface area contributed by atoms with E-state index in [1.54, 1.807) is 0 Å². The Morgan fingerprint density at radius 3 is 0.625 bits per heavy atom. The van der Waals surface area contributed by atoms with Gasteiger partial charge in [-0.1, -0.05) is 0 Å². The quantitative estimate of drug-likeness (QED) is 0.379. The van der Waals surface area contributed by atoms with Gasteiger partial charge in [-0.3, -0.25) is 0 Å². The summed E-state index contributed by atoms with van der Waals surface area (Å²) in [7, 11) is 0.306. The van der Waals surface area contributed by atoms with Crippen molar-refractivity contribution in [2.75, 3.05) is 0 Å². The molecule has 0 aliphatic rings. The molecule has 0 fully saturated rings. The number of rotatable bonds is 0. The highest BCUT2D eigenvalue weighted by Crippen LogP contribution is 0.866. The van der Waals surface area contributed by atoms with Gasteiger partial charge in [-0.2, -0.15) is 0 Å². The molecule has 1 nitrogen and oxygen atoms in total. The third kappa shape index (κ3) is 287. The van der Waals surface area contributed by atoms with Gasteiger partial charge in [0.1, 0.15) is 10.5 Å². The van der Waals surface area contributed by atoms with Crippen LogP contribution in [-0.4, -0.2) is 15.3 Å². The molecule has 0 unspecified atom stereocenters. The first kappa shape index (κ1) is 26.2. The van der Waals surface area contributed by atoms with Gasteiger partial charge in [0, 0.05) is 0 Å². The highest BCUT2D eigenvalue weighted by Gasteiger charge is 0.891. The molecule has 0 amide bonds. The molecule has 0 spiro atoms. The Morgan fingerprint density at radius 2 is 0.625 bits per heavy atom. The Labute approximate surface area is 55.6 Å². The molecule has 0 saturated carbocycles. The first-order valence-electron chi connectivity index (χ1n) is 1.95. The van der Waals surface area contributed by atoms with Gasteiger partial charge in [0.15, 0.2) is 0 Å². The molecule has 0 aromatic carbocycles. The highest BCUT2D eigenvalue weighted by molar-refractivity contribution is 5.95. The standard InChI is InChI=1S/3C2H4.H4OSi/c4*1-2/h3*1-2H2;1H,2H3. The van der Waals surface area contributed by atoms with Crippen LogP contribution in [-0.2, 0) is 0 Å². The van der Waals surface area contributed by atoms with E-state index in [0.717, 1.165) is 0 Å². The van der Waals surface area contributed by atoms with Crippen LogP contribution >= 0.6 is 0 Å².